The average Bonchev–Trinajstić information content (AvgIpc) is 2.20. The van der Waals surface area contributed by atoms with Gasteiger partial charge in [-0.1, -0.05) is 0 Å². The van der Waals surface area contributed by atoms with Gasteiger partial charge in [-0.2, -0.15) is 0 Å². The monoisotopic (exact) mass is 207 g/mol. The van der Waals surface area contributed by atoms with Gasteiger partial charge in [-0.3, -0.25) is 9.59 Å². The van der Waals surface area contributed by atoms with Crippen LogP contribution < -0.4 is 10.1 Å². The zero-order valence-corrected chi connectivity index (χ0v) is 8.74. The summed E-state index contributed by atoms with van der Waals surface area (Å²) in [5, 5.41) is 2.61. The minimum absolute atomic E-state index is 0.195. The Labute approximate surface area is 88.2 Å². The lowest BCUT2D eigenvalue weighted by molar-refractivity contribution is -0.114. The number of nitrogens with one attached hydrogen (secondary N) is 1. The van der Waals surface area contributed by atoms with Gasteiger partial charge in [0.15, 0.2) is 0 Å². The van der Waals surface area contributed by atoms with Crippen LogP contribution in [0, 0.1) is 0 Å². The normalized spacial score (nSPS) is 9.47. The Bertz CT molecular complexity index is 374. The molecule has 0 spiro atoms. The highest BCUT2D eigenvalue weighted by Gasteiger charge is 2.05. The molecule has 0 bridgehead atoms. The Balaban J connectivity index is 3.03. The predicted octanol–water partition coefficient (Wildman–Crippen LogP) is 1.86. The zero-order valence-electron chi connectivity index (χ0n) is 8.74. The maximum Gasteiger partial charge on any atom is 0.221 e. The number of carbonyl (C=O) groups excluding carboxylic acids is 2. The molecule has 0 aliphatic heterocycles. The number of hydrogen-bond donors (Lipinski definition) is 1. The number of rotatable bonds is 4. The van der Waals surface area contributed by atoms with E-state index < -0.39 is 0 Å². The van der Waals surface area contributed by atoms with Crippen LogP contribution in [0.1, 0.15) is 24.2 Å². The third kappa shape index (κ3) is 3.09. The van der Waals surface area contributed by atoms with Crippen LogP contribution in [0.3, 0.4) is 0 Å². The minimum atomic E-state index is -0.195. The van der Waals surface area contributed by atoms with Crippen molar-refractivity contribution in [2.24, 2.45) is 0 Å². The van der Waals surface area contributed by atoms with Crippen LogP contribution >= 0.6 is 0 Å². The second-order valence-corrected chi connectivity index (χ2v) is 2.99. The third-order valence-electron chi connectivity index (χ3n) is 1.75. The SMILES string of the molecule is CCOc1ccc(C=O)cc1NC(C)=O. The van der Waals surface area contributed by atoms with Crippen molar-refractivity contribution >= 4 is 17.9 Å². The van der Waals surface area contributed by atoms with E-state index in [1.165, 1.54) is 6.92 Å². The van der Waals surface area contributed by atoms with Gasteiger partial charge in [0.25, 0.3) is 0 Å². The highest BCUT2D eigenvalue weighted by molar-refractivity contribution is 5.92. The van der Waals surface area contributed by atoms with Gasteiger partial charge in [0, 0.05) is 12.5 Å². The molecule has 0 saturated heterocycles. The molecule has 0 unspecified atom stereocenters. The Kier molecular flexibility index (Phi) is 3.85. The highest BCUT2D eigenvalue weighted by Crippen LogP contribution is 2.25. The van der Waals surface area contributed by atoms with Crippen LogP contribution in [0.15, 0.2) is 18.2 Å². The molecule has 1 aromatic carbocycles. The van der Waals surface area contributed by atoms with E-state index in [1.807, 2.05) is 6.92 Å². The standard InChI is InChI=1S/C11H13NO3/c1-3-15-11-5-4-9(7-13)6-10(11)12-8(2)14/h4-7H,3H2,1-2H3,(H,12,14). The fourth-order valence-corrected chi connectivity index (χ4v) is 1.19. The molecule has 80 valence electrons. The van der Waals surface area contributed by atoms with Gasteiger partial charge in [0.1, 0.15) is 12.0 Å². The molecule has 0 fully saturated rings. The van der Waals surface area contributed by atoms with Crippen molar-refractivity contribution in [1.82, 2.24) is 0 Å². The molecular weight excluding hydrogens is 194 g/mol. The summed E-state index contributed by atoms with van der Waals surface area (Å²) in [6.45, 7) is 3.77. The van der Waals surface area contributed by atoms with Gasteiger partial charge in [-0.05, 0) is 25.1 Å². The van der Waals surface area contributed by atoms with E-state index in [1.54, 1.807) is 18.2 Å². The van der Waals surface area contributed by atoms with Gasteiger partial charge in [0.05, 0.1) is 12.3 Å². The fraction of sp³-hybridized carbons (Fsp3) is 0.273. The van der Waals surface area contributed by atoms with Crippen molar-refractivity contribution in [1.29, 1.82) is 0 Å². The van der Waals surface area contributed by atoms with Crippen LogP contribution in [-0.4, -0.2) is 18.8 Å². The molecule has 0 heterocycles. The second kappa shape index (κ2) is 5.14. The van der Waals surface area contributed by atoms with E-state index in [2.05, 4.69) is 5.32 Å². The molecule has 1 aromatic rings. The lowest BCUT2D eigenvalue weighted by atomic mass is 10.2. The van der Waals surface area contributed by atoms with Crippen molar-refractivity contribution < 1.29 is 14.3 Å². The maximum absolute atomic E-state index is 10.9. The summed E-state index contributed by atoms with van der Waals surface area (Å²) in [6, 6.07) is 4.89. The van der Waals surface area contributed by atoms with Gasteiger partial charge in [-0.25, -0.2) is 0 Å². The molecule has 1 amide bonds. The quantitative estimate of drug-likeness (QED) is 0.766. The molecule has 0 radical (unpaired) electrons. The Morgan fingerprint density at radius 2 is 2.27 bits per heavy atom. The lowest BCUT2D eigenvalue weighted by Crippen LogP contribution is -2.08. The number of anilines is 1. The topological polar surface area (TPSA) is 55.4 Å². The first-order chi connectivity index (χ1) is 7.17. The number of benzene rings is 1. The van der Waals surface area contributed by atoms with Crippen molar-refractivity contribution in [3.8, 4) is 5.75 Å². The van der Waals surface area contributed by atoms with Crippen LogP contribution in [0.4, 0.5) is 5.69 Å². The maximum atomic E-state index is 10.9. The van der Waals surface area contributed by atoms with Gasteiger partial charge in [0.2, 0.25) is 5.91 Å². The smallest absolute Gasteiger partial charge is 0.221 e. The summed E-state index contributed by atoms with van der Waals surface area (Å²) in [6.07, 6.45) is 0.723. The summed E-state index contributed by atoms with van der Waals surface area (Å²) >= 11 is 0. The van der Waals surface area contributed by atoms with Gasteiger partial charge < -0.3 is 10.1 Å². The fourth-order valence-electron chi connectivity index (χ4n) is 1.19. The van der Waals surface area contributed by atoms with Gasteiger partial charge in [-0.15, -0.1) is 0 Å². The highest BCUT2D eigenvalue weighted by atomic mass is 16.5. The Hall–Kier alpha value is -1.84. The van der Waals surface area contributed by atoms with Crippen molar-refractivity contribution in [2.45, 2.75) is 13.8 Å². The Morgan fingerprint density at radius 3 is 2.80 bits per heavy atom. The molecule has 4 heteroatoms. The minimum Gasteiger partial charge on any atom is -0.492 e. The molecule has 1 rings (SSSR count). The molecule has 0 aliphatic carbocycles. The summed E-state index contributed by atoms with van der Waals surface area (Å²) in [5.41, 5.74) is 1.02. The number of ether oxygens (including phenoxy) is 1. The first-order valence-corrected chi connectivity index (χ1v) is 4.67. The van der Waals surface area contributed by atoms with Crippen molar-refractivity contribution in [3.05, 3.63) is 23.8 Å². The van der Waals surface area contributed by atoms with Crippen molar-refractivity contribution in [2.75, 3.05) is 11.9 Å². The van der Waals surface area contributed by atoms with E-state index in [9.17, 15) is 9.59 Å². The van der Waals surface area contributed by atoms with E-state index in [0.29, 0.717) is 23.6 Å². The van der Waals surface area contributed by atoms with E-state index >= 15 is 0 Å². The summed E-state index contributed by atoms with van der Waals surface area (Å²) < 4.78 is 5.31. The molecule has 4 nitrogen and oxygen atoms in total. The van der Waals surface area contributed by atoms with Crippen LogP contribution in [0.2, 0.25) is 0 Å². The molecule has 15 heavy (non-hydrogen) atoms. The average molecular weight is 207 g/mol. The van der Waals surface area contributed by atoms with Crippen molar-refractivity contribution in [3.63, 3.8) is 0 Å². The second-order valence-electron chi connectivity index (χ2n) is 2.99. The molecule has 1 N–H and O–H groups in total. The third-order valence-corrected chi connectivity index (χ3v) is 1.75. The first-order valence-electron chi connectivity index (χ1n) is 4.67. The predicted molar refractivity (Wildman–Crippen MR) is 57.3 cm³/mol. The summed E-state index contributed by atoms with van der Waals surface area (Å²) in [5.74, 6) is 0.373. The lowest BCUT2D eigenvalue weighted by Gasteiger charge is -2.10. The van der Waals surface area contributed by atoms with Gasteiger partial charge >= 0.3 is 0 Å². The van der Waals surface area contributed by atoms with E-state index in [-0.39, 0.29) is 5.91 Å². The largest absolute Gasteiger partial charge is 0.492 e. The molecule has 0 aliphatic rings. The number of carbonyl (C=O) groups is 2. The van der Waals surface area contributed by atoms with E-state index in [4.69, 9.17) is 4.74 Å². The molecular formula is C11H13NO3. The van der Waals surface area contributed by atoms with E-state index in [0.717, 1.165) is 6.29 Å². The van der Waals surface area contributed by atoms with Crippen LogP contribution in [-0.2, 0) is 4.79 Å². The number of amides is 1. The Morgan fingerprint density at radius 1 is 1.53 bits per heavy atom. The summed E-state index contributed by atoms with van der Waals surface area (Å²) in [4.78, 5) is 21.5. The molecule has 0 atom stereocenters. The van der Waals surface area contributed by atoms with Crippen LogP contribution in [0.25, 0.3) is 0 Å². The first kappa shape index (κ1) is 11.2. The number of aldehydes is 1. The van der Waals surface area contributed by atoms with Crippen LogP contribution in [0.5, 0.6) is 5.75 Å². The molecule has 0 aromatic heterocycles. The molecule has 0 saturated carbocycles. The zero-order chi connectivity index (χ0) is 11.3. The summed E-state index contributed by atoms with van der Waals surface area (Å²) in [7, 11) is 0. The number of hydrogen-bond acceptors (Lipinski definition) is 3.